The summed E-state index contributed by atoms with van der Waals surface area (Å²) in [7, 11) is 0. The van der Waals surface area contributed by atoms with E-state index in [-0.39, 0.29) is 42.2 Å². The predicted molar refractivity (Wildman–Crippen MR) is 83.1 cm³/mol. The van der Waals surface area contributed by atoms with E-state index in [0.717, 1.165) is 31.5 Å². The Hall–Kier alpha value is -1.20. The second kappa shape index (κ2) is 6.92. The van der Waals surface area contributed by atoms with E-state index in [1.807, 2.05) is 0 Å². The zero-order valence-electron chi connectivity index (χ0n) is 12.4. The summed E-state index contributed by atoms with van der Waals surface area (Å²) in [6, 6.07) is 3.82. The molecule has 1 saturated heterocycles. The minimum atomic E-state index is -0.456. The van der Waals surface area contributed by atoms with E-state index in [2.05, 4.69) is 17.6 Å². The van der Waals surface area contributed by atoms with Gasteiger partial charge in [-0.15, -0.1) is 12.4 Å². The number of halogens is 3. The third-order valence-corrected chi connectivity index (χ3v) is 4.57. The van der Waals surface area contributed by atoms with Crippen molar-refractivity contribution in [3.63, 3.8) is 0 Å². The molecule has 6 heteroatoms. The van der Waals surface area contributed by atoms with Crippen molar-refractivity contribution in [3.8, 4) is 0 Å². The molecular formula is C16H21ClF2N2O. The Morgan fingerprint density at radius 3 is 2.86 bits per heavy atom. The lowest BCUT2D eigenvalue weighted by molar-refractivity contribution is -0.123. The van der Waals surface area contributed by atoms with Crippen molar-refractivity contribution in [2.75, 3.05) is 6.54 Å². The van der Waals surface area contributed by atoms with Gasteiger partial charge in [-0.05, 0) is 62.4 Å². The second-order valence-electron chi connectivity index (χ2n) is 6.11. The van der Waals surface area contributed by atoms with E-state index in [4.69, 9.17) is 0 Å². The molecule has 0 bridgehead atoms. The van der Waals surface area contributed by atoms with E-state index in [9.17, 15) is 13.6 Å². The van der Waals surface area contributed by atoms with Gasteiger partial charge in [-0.3, -0.25) is 4.79 Å². The molecule has 1 heterocycles. The maximum Gasteiger partial charge on any atom is 0.224 e. The summed E-state index contributed by atoms with van der Waals surface area (Å²) in [6.45, 7) is 3.04. The smallest absolute Gasteiger partial charge is 0.224 e. The molecule has 22 heavy (non-hydrogen) atoms. The van der Waals surface area contributed by atoms with E-state index in [1.165, 1.54) is 6.07 Å². The predicted octanol–water partition coefficient (Wildman–Crippen LogP) is 2.75. The Labute approximate surface area is 135 Å². The van der Waals surface area contributed by atoms with Gasteiger partial charge >= 0.3 is 0 Å². The standard InChI is InChI=1S/C16H20F2N2O.ClH/c1-9-15(3-2-6-19-9)20-16(21)13-8-11(13)12-7-10(17)4-5-14(12)18;/h4-5,7,9,11,13,15,19H,2-3,6,8H2,1H3,(H,20,21);1H. The van der Waals surface area contributed by atoms with Crippen LogP contribution >= 0.6 is 12.4 Å². The fraction of sp³-hybridized carbons (Fsp3) is 0.562. The summed E-state index contributed by atoms with van der Waals surface area (Å²) in [5, 5.41) is 6.38. The number of rotatable bonds is 3. The van der Waals surface area contributed by atoms with Crippen LogP contribution in [-0.4, -0.2) is 24.5 Å². The van der Waals surface area contributed by atoms with E-state index >= 15 is 0 Å². The number of nitrogens with one attached hydrogen (secondary N) is 2. The molecule has 0 radical (unpaired) electrons. The highest BCUT2D eigenvalue weighted by molar-refractivity contribution is 5.85. The lowest BCUT2D eigenvalue weighted by Gasteiger charge is -2.30. The van der Waals surface area contributed by atoms with Gasteiger partial charge in [0.1, 0.15) is 11.6 Å². The van der Waals surface area contributed by atoms with Crippen molar-refractivity contribution in [1.29, 1.82) is 0 Å². The first-order chi connectivity index (χ1) is 10.1. The largest absolute Gasteiger partial charge is 0.352 e. The lowest BCUT2D eigenvalue weighted by atomic mass is 9.99. The Kier molecular flexibility index (Phi) is 5.40. The van der Waals surface area contributed by atoms with Crippen LogP contribution in [0, 0.1) is 17.6 Å². The molecule has 1 aliphatic carbocycles. The Morgan fingerprint density at radius 2 is 2.14 bits per heavy atom. The molecule has 0 spiro atoms. The minimum absolute atomic E-state index is 0. The molecule has 2 N–H and O–H groups in total. The Morgan fingerprint density at radius 1 is 1.36 bits per heavy atom. The van der Waals surface area contributed by atoms with E-state index in [1.54, 1.807) is 0 Å². The SMILES string of the molecule is CC1NCCCC1NC(=O)C1CC1c1cc(F)ccc1F.Cl. The minimum Gasteiger partial charge on any atom is -0.352 e. The number of hydrogen-bond donors (Lipinski definition) is 2. The molecule has 4 unspecified atom stereocenters. The highest BCUT2D eigenvalue weighted by Gasteiger charge is 2.46. The molecular weight excluding hydrogens is 310 g/mol. The summed E-state index contributed by atoms with van der Waals surface area (Å²) < 4.78 is 26.9. The van der Waals surface area contributed by atoms with Crippen molar-refractivity contribution in [1.82, 2.24) is 10.6 Å². The van der Waals surface area contributed by atoms with Gasteiger partial charge in [0.15, 0.2) is 0 Å². The van der Waals surface area contributed by atoms with Gasteiger partial charge in [0.2, 0.25) is 5.91 Å². The quantitative estimate of drug-likeness (QED) is 0.894. The third-order valence-electron chi connectivity index (χ3n) is 4.57. The average Bonchev–Trinajstić information content (AvgIpc) is 3.24. The van der Waals surface area contributed by atoms with Gasteiger partial charge in [0.25, 0.3) is 0 Å². The van der Waals surface area contributed by atoms with Crippen molar-refractivity contribution in [2.24, 2.45) is 5.92 Å². The van der Waals surface area contributed by atoms with Gasteiger partial charge in [-0.2, -0.15) is 0 Å². The maximum atomic E-state index is 13.7. The summed E-state index contributed by atoms with van der Waals surface area (Å²) >= 11 is 0. The topological polar surface area (TPSA) is 41.1 Å². The first-order valence-corrected chi connectivity index (χ1v) is 7.55. The van der Waals surface area contributed by atoms with Crippen molar-refractivity contribution < 1.29 is 13.6 Å². The molecule has 1 saturated carbocycles. The fourth-order valence-electron chi connectivity index (χ4n) is 3.16. The Balaban J connectivity index is 0.00000176. The van der Waals surface area contributed by atoms with Crippen LogP contribution in [0.2, 0.25) is 0 Å². The summed E-state index contributed by atoms with van der Waals surface area (Å²) in [5.41, 5.74) is 0.324. The van der Waals surface area contributed by atoms with E-state index in [0.29, 0.717) is 12.0 Å². The van der Waals surface area contributed by atoms with Gasteiger partial charge in [0.05, 0.1) is 0 Å². The van der Waals surface area contributed by atoms with Crippen LogP contribution in [0.4, 0.5) is 8.78 Å². The molecule has 0 aromatic heterocycles. The van der Waals surface area contributed by atoms with Crippen LogP contribution in [0.1, 0.15) is 37.7 Å². The highest BCUT2D eigenvalue weighted by atomic mass is 35.5. The maximum absolute atomic E-state index is 13.7. The van der Waals surface area contributed by atoms with Crippen molar-refractivity contribution in [2.45, 2.75) is 44.2 Å². The highest BCUT2D eigenvalue weighted by Crippen LogP contribution is 2.48. The molecule has 2 aliphatic rings. The van der Waals surface area contributed by atoms with Gasteiger partial charge in [-0.1, -0.05) is 0 Å². The molecule has 1 aliphatic heterocycles. The molecule has 1 aromatic rings. The van der Waals surface area contributed by atoms with Gasteiger partial charge in [-0.25, -0.2) is 8.78 Å². The molecule has 2 fully saturated rings. The zero-order valence-corrected chi connectivity index (χ0v) is 13.3. The average molecular weight is 331 g/mol. The zero-order chi connectivity index (χ0) is 15.0. The van der Waals surface area contributed by atoms with E-state index < -0.39 is 11.6 Å². The van der Waals surface area contributed by atoms with Gasteiger partial charge < -0.3 is 10.6 Å². The fourth-order valence-corrected chi connectivity index (χ4v) is 3.16. The summed E-state index contributed by atoms with van der Waals surface area (Å²) in [6.07, 6.45) is 2.61. The summed E-state index contributed by atoms with van der Waals surface area (Å²) in [5.74, 6) is -1.33. The number of benzene rings is 1. The van der Waals surface area contributed by atoms with Crippen LogP contribution < -0.4 is 10.6 Å². The normalized spacial score (nSPS) is 30.3. The molecule has 1 amide bonds. The molecule has 1 aromatic carbocycles. The Bertz CT molecular complexity index is 555. The van der Waals surface area contributed by atoms with Gasteiger partial charge in [0, 0.05) is 18.0 Å². The number of piperidine rings is 1. The van der Waals surface area contributed by atoms with Crippen LogP contribution in [0.3, 0.4) is 0 Å². The van der Waals surface area contributed by atoms with Crippen LogP contribution in [0.5, 0.6) is 0 Å². The molecule has 3 rings (SSSR count). The number of carbonyl (C=O) groups excluding carboxylic acids is 1. The van der Waals surface area contributed by atoms with Crippen LogP contribution in [-0.2, 0) is 4.79 Å². The number of carbonyl (C=O) groups is 1. The molecule has 3 nitrogen and oxygen atoms in total. The number of amides is 1. The van der Waals surface area contributed by atoms with Crippen LogP contribution in [0.25, 0.3) is 0 Å². The first kappa shape index (κ1) is 17.2. The second-order valence-corrected chi connectivity index (χ2v) is 6.11. The lowest BCUT2D eigenvalue weighted by Crippen LogP contribution is -2.52. The number of hydrogen-bond acceptors (Lipinski definition) is 2. The molecule has 122 valence electrons. The third kappa shape index (κ3) is 3.58. The van der Waals surface area contributed by atoms with Crippen LogP contribution in [0.15, 0.2) is 18.2 Å². The monoisotopic (exact) mass is 330 g/mol. The summed E-state index contributed by atoms with van der Waals surface area (Å²) in [4.78, 5) is 12.2. The van der Waals surface area contributed by atoms with Crippen molar-refractivity contribution >= 4 is 18.3 Å². The van der Waals surface area contributed by atoms with Crippen molar-refractivity contribution in [3.05, 3.63) is 35.4 Å². The molecule has 4 atom stereocenters. The first-order valence-electron chi connectivity index (χ1n) is 7.55.